The van der Waals surface area contributed by atoms with Gasteiger partial charge in [-0.3, -0.25) is 0 Å². The molecule has 3 rings (SSSR count). The van der Waals surface area contributed by atoms with E-state index in [1.807, 2.05) is 36.4 Å². The molecule has 0 radical (unpaired) electrons. The summed E-state index contributed by atoms with van der Waals surface area (Å²) in [4.78, 5) is 35.8. The molecule has 0 aliphatic carbocycles. The van der Waals surface area contributed by atoms with E-state index in [1.54, 1.807) is 57.2 Å². The number of esters is 3. The number of carbonyl (C=O) groups excluding carboxylic acids is 3. The summed E-state index contributed by atoms with van der Waals surface area (Å²) in [5.74, 6) is 0.832. The minimum Gasteiger partial charge on any atom is -0.494 e. The van der Waals surface area contributed by atoms with Crippen molar-refractivity contribution >= 4 is 34.6 Å². The van der Waals surface area contributed by atoms with Crippen molar-refractivity contribution in [3.8, 4) is 17.2 Å². The molecule has 0 saturated heterocycles. The lowest BCUT2D eigenvalue weighted by Crippen LogP contribution is -2.27. The summed E-state index contributed by atoms with van der Waals surface area (Å²) in [7, 11) is 0. The molecule has 12 nitrogen and oxygen atoms in total. The first-order valence-corrected chi connectivity index (χ1v) is 20.7. The molecule has 3 aromatic carbocycles. The molecular formula is C48H62O12. The SMILES string of the molecule is C=C(C(=O)OCC)c1ccc(OCCCCOCC(COCCCCOc2ccc(C(=C)C(=O)OCC)cc2)OCCCCOc2ccc(C(=C)C(=O)OCC)cc2)cc1. The molecule has 12 heteroatoms. The maximum atomic E-state index is 11.9. The summed E-state index contributed by atoms with van der Waals surface area (Å²) >= 11 is 0. The number of hydrogen-bond acceptors (Lipinski definition) is 12. The molecule has 0 unspecified atom stereocenters. The second-order valence-corrected chi connectivity index (χ2v) is 13.5. The van der Waals surface area contributed by atoms with Crippen LogP contribution in [0.4, 0.5) is 0 Å². The Hall–Kier alpha value is -5.43. The standard InChI is InChI=1S/C48H62O12/c1-7-54-46(49)36(4)39-16-22-42(23-17-39)57-30-12-10-28-52-34-45(60-33-15-14-32-59-44-26-20-41(21-27-44)38(6)48(51)56-9-3)35-53-29-11-13-31-58-43-24-18-40(19-25-43)37(5)47(50)55-8-2/h16-27,45H,4-15,28-35H2,1-3H3. The third-order valence-electron chi connectivity index (χ3n) is 8.85. The van der Waals surface area contributed by atoms with Gasteiger partial charge in [-0.05, 0) is 112 Å². The molecule has 0 N–H and O–H groups in total. The highest BCUT2D eigenvalue weighted by atomic mass is 16.6. The highest BCUT2D eigenvalue weighted by Gasteiger charge is 2.14. The van der Waals surface area contributed by atoms with Crippen molar-refractivity contribution in [2.75, 3.05) is 72.7 Å². The van der Waals surface area contributed by atoms with Gasteiger partial charge in [0.15, 0.2) is 0 Å². The lowest BCUT2D eigenvalue weighted by Gasteiger charge is -2.19. The van der Waals surface area contributed by atoms with Gasteiger partial charge in [-0.15, -0.1) is 0 Å². The van der Waals surface area contributed by atoms with Gasteiger partial charge < -0.3 is 42.6 Å². The van der Waals surface area contributed by atoms with E-state index in [4.69, 9.17) is 42.6 Å². The van der Waals surface area contributed by atoms with Gasteiger partial charge >= 0.3 is 17.9 Å². The average molecular weight is 831 g/mol. The van der Waals surface area contributed by atoms with Crippen LogP contribution in [0.5, 0.6) is 17.2 Å². The molecule has 0 bridgehead atoms. The van der Waals surface area contributed by atoms with Gasteiger partial charge in [-0.2, -0.15) is 0 Å². The van der Waals surface area contributed by atoms with Crippen LogP contribution in [0.25, 0.3) is 16.7 Å². The zero-order valence-electron chi connectivity index (χ0n) is 35.5. The predicted molar refractivity (Wildman–Crippen MR) is 232 cm³/mol. The molecule has 0 spiro atoms. The Morgan fingerprint density at radius 3 is 1.02 bits per heavy atom. The monoisotopic (exact) mass is 830 g/mol. The van der Waals surface area contributed by atoms with Gasteiger partial charge in [-0.25, -0.2) is 14.4 Å². The van der Waals surface area contributed by atoms with Gasteiger partial charge in [0.1, 0.15) is 23.4 Å². The van der Waals surface area contributed by atoms with Gasteiger partial charge in [0.2, 0.25) is 0 Å². The van der Waals surface area contributed by atoms with E-state index in [9.17, 15) is 14.4 Å². The van der Waals surface area contributed by atoms with Crippen molar-refractivity contribution in [2.24, 2.45) is 0 Å². The molecule has 60 heavy (non-hydrogen) atoms. The van der Waals surface area contributed by atoms with E-state index >= 15 is 0 Å². The zero-order valence-corrected chi connectivity index (χ0v) is 35.5. The normalized spacial score (nSPS) is 10.8. The third kappa shape index (κ3) is 18.7. The average Bonchev–Trinajstić information content (AvgIpc) is 3.26. The van der Waals surface area contributed by atoms with E-state index in [0.29, 0.717) is 123 Å². The molecule has 0 amide bonds. The Kier molecular flexibility index (Phi) is 23.6. The molecule has 0 atom stereocenters. The smallest absolute Gasteiger partial charge is 0.338 e. The highest BCUT2D eigenvalue weighted by molar-refractivity contribution is 6.16. The van der Waals surface area contributed by atoms with Crippen molar-refractivity contribution in [3.63, 3.8) is 0 Å². The molecular weight excluding hydrogens is 769 g/mol. The van der Waals surface area contributed by atoms with Crippen molar-refractivity contribution in [1.29, 1.82) is 0 Å². The van der Waals surface area contributed by atoms with Crippen LogP contribution in [-0.2, 0) is 42.8 Å². The minimum absolute atomic E-state index is 0.232. The van der Waals surface area contributed by atoms with Crippen molar-refractivity contribution in [3.05, 3.63) is 109 Å². The summed E-state index contributed by atoms with van der Waals surface area (Å²) in [6.07, 6.45) is 4.57. The summed E-state index contributed by atoms with van der Waals surface area (Å²) < 4.78 is 50.8. The molecule has 326 valence electrons. The molecule has 0 heterocycles. The summed E-state index contributed by atoms with van der Waals surface area (Å²) in [6.45, 7) is 21.6. The summed E-state index contributed by atoms with van der Waals surface area (Å²) in [5, 5.41) is 0. The van der Waals surface area contributed by atoms with E-state index in [0.717, 1.165) is 38.5 Å². The lowest BCUT2D eigenvalue weighted by molar-refractivity contribution is -0.136. The predicted octanol–water partition coefficient (Wildman–Crippen LogP) is 8.71. The molecule has 0 aliphatic rings. The van der Waals surface area contributed by atoms with Crippen molar-refractivity contribution in [1.82, 2.24) is 0 Å². The minimum atomic E-state index is -0.433. The number of benzene rings is 3. The van der Waals surface area contributed by atoms with E-state index < -0.39 is 17.9 Å². The van der Waals surface area contributed by atoms with Gasteiger partial charge in [0.05, 0.1) is 69.6 Å². The van der Waals surface area contributed by atoms with Crippen molar-refractivity contribution < 1.29 is 57.0 Å². The maximum absolute atomic E-state index is 11.9. The van der Waals surface area contributed by atoms with Crippen LogP contribution in [0.15, 0.2) is 92.5 Å². The Labute approximate surface area is 355 Å². The zero-order chi connectivity index (χ0) is 43.4. The molecule has 0 saturated carbocycles. The largest absolute Gasteiger partial charge is 0.494 e. The van der Waals surface area contributed by atoms with Crippen LogP contribution in [0.2, 0.25) is 0 Å². The quantitative estimate of drug-likeness (QED) is 0.0258. The fourth-order valence-electron chi connectivity index (χ4n) is 5.48. The Morgan fingerprint density at radius 2 is 0.717 bits per heavy atom. The fraction of sp³-hybridized carbons (Fsp3) is 0.438. The maximum Gasteiger partial charge on any atom is 0.338 e. The van der Waals surface area contributed by atoms with E-state index in [1.165, 1.54) is 0 Å². The van der Waals surface area contributed by atoms with Crippen LogP contribution in [0, 0.1) is 0 Å². The van der Waals surface area contributed by atoms with Gasteiger partial charge in [0, 0.05) is 19.8 Å². The first-order valence-electron chi connectivity index (χ1n) is 20.7. The lowest BCUT2D eigenvalue weighted by atomic mass is 10.1. The van der Waals surface area contributed by atoms with Crippen LogP contribution in [0.1, 0.15) is 76.0 Å². The van der Waals surface area contributed by atoms with Crippen molar-refractivity contribution in [2.45, 2.75) is 65.4 Å². The fourth-order valence-corrected chi connectivity index (χ4v) is 5.48. The van der Waals surface area contributed by atoms with Crippen LogP contribution in [0.3, 0.4) is 0 Å². The number of ether oxygens (including phenoxy) is 9. The topological polar surface area (TPSA) is 134 Å². The Balaban J connectivity index is 1.35. The molecule has 0 fully saturated rings. The molecule has 0 aliphatic heterocycles. The van der Waals surface area contributed by atoms with Gasteiger partial charge in [-0.1, -0.05) is 56.1 Å². The second-order valence-electron chi connectivity index (χ2n) is 13.5. The molecule has 0 aromatic heterocycles. The number of hydrogen-bond donors (Lipinski definition) is 0. The summed E-state index contributed by atoms with van der Waals surface area (Å²) in [6, 6.07) is 21.6. The van der Waals surface area contributed by atoms with Crippen LogP contribution < -0.4 is 14.2 Å². The highest BCUT2D eigenvalue weighted by Crippen LogP contribution is 2.21. The van der Waals surface area contributed by atoms with E-state index in [2.05, 4.69) is 19.7 Å². The number of unbranched alkanes of at least 4 members (excludes halogenated alkanes) is 3. The van der Waals surface area contributed by atoms with Gasteiger partial charge in [0.25, 0.3) is 0 Å². The second kappa shape index (κ2) is 28.9. The molecule has 3 aromatic rings. The summed E-state index contributed by atoms with van der Waals surface area (Å²) in [5.41, 5.74) is 3.02. The first-order chi connectivity index (χ1) is 29.2. The third-order valence-corrected chi connectivity index (χ3v) is 8.85. The Morgan fingerprint density at radius 1 is 0.433 bits per heavy atom. The van der Waals surface area contributed by atoms with Crippen LogP contribution in [-0.4, -0.2) is 96.7 Å². The first kappa shape index (κ1) is 48.9. The van der Waals surface area contributed by atoms with Crippen LogP contribution >= 0.6 is 0 Å². The Bertz CT molecular complexity index is 1660. The number of carbonyl (C=O) groups is 3. The van der Waals surface area contributed by atoms with E-state index in [-0.39, 0.29) is 6.10 Å². The number of rotatable bonds is 32.